The van der Waals surface area contributed by atoms with Crippen molar-refractivity contribution in [2.45, 2.75) is 44.3 Å². The highest BCUT2D eigenvalue weighted by atomic mass is 35.5. The summed E-state index contributed by atoms with van der Waals surface area (Å²) in [5.41, 5.74) is 1.31. The van der Waals surface area contributed by atoms with Gasteiger partial charge >= 0.3 is 0 Å². The summed E-state index contributed by atoms with van der Waals surface area (Å²) in [6, 6.07) is 9.02. The number of rotatable bonds is 2. The fourth-order valence-electron chi connectivity index (χ4n) is 4.09. The molecule has 2 unspecified atom stereocenters. The van der Waals surface area contributed by atoms with Crippen LogP contribution in [0.2, 0.25) is 5.02 Å². The van der Waals surface area contributed by atoms with E-state index in [9.17, 15) is 0 Å². The van der Waals surface area contributed by atoms with Crippen molar-refractivity contribution in [3.8, 4) is 0 Å². The van der Waals surface area contributed by atoms with Crippen molar-refractivity contribution < 1.29 is 0 Å². The molecule has 2 saturated heterocycles. The fourth-order valence-corrected chi connectivity index (χ4v) is 4.27. The average Bonchev–Trinajstić information content (AvgIpc) is 2.99. The van der Waals surface area contributed by atoms with E-state index in [1.165, 1.54) is 56.1 Å². The third-order valence-electron chi connectivity index (χ3n) is 5.26. The van der Waals surface area contributed by atoms with Crippen molar-refractivity contribution >= 4 is 22.5 Å². The highest BCUT2D eigenvalue weighted by molar-refractivity contribution is 6.31. The van der Waals surface area contributed by atoms with Crippen molar-refractivity contribution in [1.82, 2.24) is 14.8 Å². The number of hydrogen-bond acceptors (Lipinski definition) is 2. The van der Waals surface area contributed by atoms with Crippen LogP contribution in [0, 0.1) is 0 Å². The van der Waals surface area contributed by atoms with Crippen molar-refractivity contribution in [2.24, 2.45) is 0 Å². The van der Waals surface area contributed by atoms with Gasteiger partial charge in [0, 0.05) is 28.2 Å². The Kier molecular flexibility index (Phi) is 4.12. The van der Waals surface area contributed by atoms with Crippen molar-refractivity contribution in [1.29, 1.82) is 0 Å². The van der Waals surface area contributed by atoms with Crippen LogP contribution in [0.15, 0.2) is 30.5 Å². The molecule has 0 bridgehead atoms. The fraction of sp³-hybridized carbons (Fsp3) is 0.556. The van der Waals surface area contributed by atoms with Crippen molar-refractivity contribution in [3.05, 3.63) is 35.5 Å². The number of piperidine rings is 2. The molecule has 0 saturated carbocycles. The average molecular weight is 318 g/mol. The predicted molar refractivity (Wildman–Crippen MR) is 92.4 cm³/mol. The number of nitrogens with zero attached hydrogens (tertiary/aromatic N) is 2. The van der Waals surface area contributed by atoms with E-state index in [4.69, 9.17) is 11.6 Å². The van der Waals surface area contributed by atoms with Crippen LogP contribution in [-0.4, -0.2) is 35.3 Å². The standard InChI is InChI=1S/C18H24ClN3/c19-15-4-5-17-14(12-15)7-11-22(17)16-6-8-20-18(13-16)21-9-2-1-3-10-21/h4-5,7,11-12,16,18,20H,1-3,6,8-10,13H2. The molecule has 0 radical (unpaired) electrons. The zero-order valence-electron chi connectivity index (χ0n) is 13.0. The summed E-state index contributed by atoms with van der Waals surface area (Å²) < 4.78 is 2.46. The van der Waals surface area contributed by atoms with Crippen molar-refractivity contribution in [3.63, 3.8) is 0 Å². The Morgan fingerprint density at radius 1 is 1.09 bits per heavy atom. The van der Waals surface area contributed by atoms with Crippen LogP contribution < -0.4 is 5.32 Å². The summed E-state index contributed by atoms with van der Waals surface area (Å²) in [4.78, 5) is 2.65. The zero-order chi connectivity index (χ0) is 14.9. The van der Waals surface area contributed by atoms with Gasteiger partial charge in [-0.25, -0.2) is 0 Å². The van der Waals surface area contributed by atoms with Crippen molar-refractivity contribution in [2.75, 3.05) is 19.6 Å². The van der Waals surface area contributed by atoms with Crippen LogP contribution in [0.5, 0.6) is 0 Å². The van der Waals surface area contributed by atoms with E-state index in [1.54, 1.807) is 0 Å². The summed E-state index contributed by atoms with van der Waals surface area (Å²) >= 11 is 6.11. The first-order valence-electron chi connectivity index (χ1n) is 8.55. The van der Waals surface area contributed by atoms with Gasteiger partial charge in [0.25, 0.3) is 0 Å². The van der Waals surface area contributed by atoms with Gasteiger partial charge in [-0.1, -0.05) is 18.0 Å². The van der Waals surface area contributed by atoms with Crippen LogP contribution in [0.1, 0.15) is 38.1 Å². The summed E-state index contributed by atoms with van der Waals surface area (Å²) in [6.45, 7) is 3.62. The smallest absolute Gasteiger partial charge is 0.0617 e. The number of hydrogen-bond donors (Lipinski definition) is 1. The molecule has 2 aliphatic heterocycles. The van der Waals surface area contributed by atoms with Gasteiger partial charge in [0.1, 0.15) is 0 Å². The van der Waals surface area contributed by atoms with Gasteiger partial charge in [0.15, 0.2) is 0 Å². The molecule has 2 aliphatic rings. The minimum absolute atomic E-state index is 0.545. The third kappa shape index (κ3) is 2.78. The second-order valence-electron chi connectivity index (χ2n) is 6.67. The largest absolute Gasteiger partial charge is 0.344 e. The lowest BCUT2D eigenvalue weighted by atomic mass is 10.0. The molecular weight excluding hydrogens is 294 g/mol. The molecule has 0 aliphatic carbocycles. The molecule has 3 heterocycles. The third-order valence-corrected chi connectivity index (χ3v) is 5.50. The SMILES string of the molecule is Clc1ccc2c(ccn2C2CCNC(N3CCCCC3)C2)c1. The number of halogens is 1. The lowest BCUT2D eigenvalue weighted by molar-refractivity contribution is 0.0961. The highest BCUT2D eigenvalue weighted by Crippen LogP contribution is 2.30. The van der Waals surface area contributed by atoms with E-state index in [0.29, 0.717) is 12.2 Å². The second-order valence-corrected chi connectivity index (χ2v) is 7.11. The molecule has 2 atom stereocenters. The van der Waals surface area contributed by atoms with E-state index >= 15 is 0 Å². The van der Waals surface area contributed by atoms with Crippen LogP contribution in [0.3, 0.4) is 0 Å². The zero-order valence-corrected chi connectivity index (χ0v) is 13.7. The number of fused-ring (bicyclic) bond motifs is 1. The topological polar surface area (TPSA) is 20.2 Å². The summed E-state index contributed by atoms with van der Waals surface area (Å²) in [5, 5.41) is 5.80. The van der Waals surface area contributed by atoms with Crippen LogP contribution in [0.25, 0.3) is 10.9 Å². The van der Waals surface area contributed by atoms with Gasteiger partial charge in [0.05, 0.1) is 6.17 Å². The summed E-state index contributed by atoms with van der Waals surface area (Å²) in [5.74, 6) is 0. The molecule has 3 nitrogen and oxygen atoms in total. The molecule has 2 fully saturated rings. The molecule has 2 aromatic rings. The van der Waals surface area contributed by atoms with Gasteiger partial charge in [-0.2, -0.15) is 0 Å². The molecule has 1 aromatic heterocycles. The van der Waals surface area contributed by atoms with Gasteiger partial charge in [0.2, 0.25) is 0 Å². The lowest BCUT2D eigenvalue weighted by Gasteiger charge is -2.40. The Hall–Kier alpha value is -1.03. The second kappa shape index (κ2) is 6.23. The van der Waals surface area contributed by atoms with E-state index in [2.05, 4.69) is 39.2 Å². The van der Waals surface area contributed by atoms with Gasteiger partial charge in [-0.3, -0.25) is 4.90 Å². The molecule has 4 heteroatoms. The first-order chi connectivity index (χ1) is 10.8. The minimum Gasteiger partial charge on any atom is -0.344 e. The predicted octanol–water partition coefficient (Wildman–Crippen LogP) is 4.03. The maximum Gasteiger partial charge on any atom is 0.0617 e. The molecule has 1 N–H and O–H groups in total. The van der Waals surface area contributed by atoms with Gasteiger partial charge in [-0.05, 0) is 69.6 Å². The van der Waals surface area contributed by atoms with E-state index < -0.39 is 0 Å². The Balaban J connectivity index is 1.55. The summed E-state index contributed by atoms with van der Waals surface area (Å²) in [7, 11) is 0. The maximum absolute atomic E-state index is 6.11. The Morgan fingerprint density at radius 3 is 2.82 bits per heavy atom. The van der Waals surface area contributed by atoms with Gasteiger partial charge in [-0.15, -0.1) is 0 Å². The maximum atomic E-state index is 6.11. The Labute approximate surface area is 137 Å². The van der Waals surface area contributed by atoms with Crippen LogP contribution in [-0.2, 0) is 0 Å². The quantitative estimate of drug-likeness (QED) is 0.902. The number of likely N-dealkylation sites (tertiary alicyclic amines) is 1. The van der Waals surface area contributed by atoms with E-state index in [-0.39, 0.29) is 0 Å². The number of benzene rings is 1. The molecule has 0 spiro atoms. The summed E-state index contributed by atoms with van der Waals surface area (Å²) in [6.07, 6.45) is 9.30. The first kappa shape index (κ1) is 14.6. The van der Waals surface area contributed by atoms with E-state index in [1.807, 2.05) is 6.07 Å². The number of nitrogens with one attached hydrogen (secondary N) is 1. The minimum atomic E-state index is 0.545. The van der Waals surface area contributed by atoms with Crippen LogP contribution in [0.4, 0.5) is 0 Å². The molecular formula is C18H24ClN3. The Morgan fingerprint density at radius 2 is 1.95 bits per heavy atom. The molecule has 4 rings (SSSR count). The normalized spacial score (nSPS) is 27.3. The molecule has 1 aromatic carbocycles. The molecule has 0 amide bonds. The molecule has 118 valence electrons. The van der Waals surface area contributed by atoms with Crippen LogP contribution >= 0.6 is 11.6 Å². The molecule has 22 heavy (non-hydrogen) atoms. The first-order valence-corrected chi connectivity index (χ1v) is 8.92. The van der Waals surface area contributed by atoms with Gasteiger partial charge < -0.3 is 9.88 Å². The lowest BCUT2D eigenvalue weighted by Crippen LogP contribution is -2.52. The monoisotopic (exact) mass is 317 g/mol. The van der Waals surface area contributed by atoms with E-state index in [0.717, 1.165) is 11.6 Å². The highest BCUT2D eigenvalue weighted by Gasteiger charge is 2.28. The number of aromatic nitrogens is 1. The Bertz CT molecular complexity index is 645.